The molecule has 0 atom stereocenters. The Hall–Kier alpha value is -2.63. The van der Waals surface area contributed by atoms with E-state index < -0.39 is 0 Å². The molecule has 1 aliphatic heterocycles. The monoisotopic (exact) mass is 441 g/mol. The molecule has 30 heavy (non-hydrogen) atoms. The molecule has 0 saturated heterocycles. The minimum Gasteiger partial charge on any atom is -0.497 e. The van der Waals surface area contributed by atoms with Crippen LogP contribution in [0.3, 0.4) is 0 Å². The van der Waals surface area contributed by atoms with Gasteiger partial charge >= 0.3 is 0 Å². The standard InChI is InChI=1S/C23H21Cl2N3O2/c1-29-17-8-5-15(6-9-17)19-13-28-23-18(19)4-2-3-11-27(23)22(26-28)14-30-21-10-7-16(24)12-20(21)25/h5-10,12-13H,2-4,11,14H2,1H3. The maximum atomic E-state index is 6.25. The van der Waals surface area contributed by atoms with Crippen molar-refractivity contribution in [3.63, 3.8) is 0 Å². The summed E-state index contributed by atoms with van der Waals surface area (Å²) in [4.78, 5) is 0. The van der Waals surface area contributed by atoms with E-state index in [9.17, 15) is 0 Å². The SMILES string of the molecule is COc1ccc(-c2cn3nc(COc4ccc(Cl)cc4Cl)n4c3c2CCCC4)cc1. The molecule has 1 aliphatic rings. The molecule has 0 N–H and O–H groups in total. The molecule has 0 fully saturated rings. The summed E-state index contributed by atoms with van der Waals surface area (Å²) in [5.41, 5.74) is 4.89. The first kappa shape index (κ1) is 19.3. The normalized spacial score (nSPS) is 13.4. The van der Waals surface area contributed by atoms with Gasteiger partial charge in [-0.05, 0) is 55.2 Å². The highest BCUT2D eigenvalue weighted by Gasteiger charge is 2.22. The van der Waals surface area contributed by atoms with Gasteiger partial charge in [0, 0.05) is 28.9 Å². The van der Waals surface area contributed by atoms with Gasteiger partial charge in [-0.2, -0.15) is 0 Å². The molecule has 2 aromatic carbocycles. The number of ether oxygens (including phenoxy) is 2. The lowest BCUT2D eigenvalue weighted by atomic mass is 10.0. The van der Waals surface area contributed by atoms with Crippen molar-refractivity contribution in [3.8, 4) is 22.6 Å². The summed E-state index contributed by atoms with van der Waals surface area (Å²) in [5.74, 6) is 2.35. The summed E-state index contributed by atoms with van der Waals surface area (Å²) in [7, 11) is 1.68. The van der Waals surface area contributed by atoms with Crippen molar-refractivity contribution in [2.45, 2.75) is 32.4 Å². The maximum absolute atomic E-state index is 6.25. The van der Waals surface area contributed by atoms with Gasteiger partial charge in [-0.3, -0.25) is 0 Å². The van der Waals surface area contributed by atoms with Crippen LogP contribution in [0, 0.1) is 0 Å². The summed E-state index contributed by atoms with van der Waals surface area (Å²) in [6, 6.07) is 13.4. The Bertz CT molecular complexity index is 1210. The molecule has 3 heterocycles. The minimum atomic E-state index is 0.348. The number of benzene rings is 2. The van der Waals surface area contributed by atoms with Crippen LogP contribution in [0.25, 0.3) is 16.8 Å². The average Bonchev–Trinajstić information content (AvgIpc) is 3.17. The number of methoxy groups -OCH3 is 1. The van der Waals surface area contributed by atoms with Crippen LogP contribution < -0.4 is 9.47 Å². The van der Waals surface area contributed by atoms with Gasteiger partial charge in [-0.15, -0.1) is 5.10 Å². The van der Waals surface area contributed by atoms with Crippen LogP contribution in [-0.2, 0) is 19.6 Å². The molecule has 7 heteroatoms. The lowest BCUT2D eigenvalue weighted by Gasteiger charge is -2.10. The third-order valence-corrected chi connectivity index (χ3v) is 6.09. The molecule has 0 aliphatic carbocycles. The Kier molecular flexibility index (Phi) is 5.09. The van der Waals surface area contributed by atoms with E-state index >= 15 is 0 Å². The summed E-state index contributed by atoms with van der Waals surface area (Å²) in [5, 5.41) is 5.92. The van der Waals surface area contributed by atoms with Gasteiger partial charge in [0.2, 0.25) is 0 Å². The van der Waals surface area contributed by atoms with Crippen molar-refractivity contribution in [2.75, 3.05) is 7.11 Å². The van der Waals surface area contributed by atoms with E-state index in [0.717, 1.165) is 43.0 Å². The van der Waals surface area contributed by atoms with Crippen LogP contribution in [-0.4, -0.2) is 21.3 Å². The predicted molar refractivity (Wildman–Crippen MR) is 119 cm³/mol. The zero-order valence-electron chi connectivity index (χ0n) is 16.6. The lowest BCUT2D eigenvalue weighted by Crippen LogP contribution is -2.07. The molecule has 0 radical (unpaired) electrons. The van der Waals surface area contributed by atoms with E-state index in [2.05, 4.69) is 22.9 Å². The molecule has 0 amide bonds. The molecule has 0 saturated carbocycles. The second-order valence-electron chi connectivity index (χ2n) is 7.41. The number of nitrogens with zero attached hydrogens (tertiary/aromatic N) is 3. The van der Waals surface area contributed by atoms with E-state index in [0.29, 0.717) is 22.4 Å². The zero-order valence-corrected chi connectivity index (χ0v) is 18.1. The van der Waals surface area contributed by atoms with Gasteiger partial charge < -0.3 is 14.0 Å². The molecule has 154 valence electrons. The Balaban J connectivity index is 1.50. The van der Waals surface area contributed by atoms with Crippen molar-refractivity contribution < 1.29 is 9.47 Å². The Morgan fingerprint density at radius 1 is 1.07 bits per heavy atom. The summed E-state index contributed by atoms with van der Waals surface area (Å²) >= 11 is 12.2. The zero-order chi connectivity index (χ0) is 20.7. The van der Waals surface area contributed by atoms with Crippen LogP contribution in [0.1, 0.15) is 24.2 Å². The average molecular weight is 442 g/mol. The van der Waals surface area contributed by atoms with Crippen molar-refractivity contribution >= 4 is 28.8 Å². The Labute approximate surface area is 184 Å². The third-order valence-electron chi connectivity index (χ3n) is 5.56. The van der Waals surface area contributed by atoms with E-state index in [4.69, 9.17) is 37.8 Å². The van der Waals surface area contributed by atoms with E-state index in [1.54, 1.807) is 25.3 Å². The predicted octanol–water partition coefficient (Wildman–Crippen LogP) is 6.03. The molecule has 0 spiro atoms. The van der Waals surface area contributed by atoms with Gasteiger partial charge in [0.15, 0.2) is 5.82 Å². The number of hydrogen-bond acceptors (Lipinski definition) is 3. The summed E-state index contributed by atoms with van der Waals surface area (Å²) in [6.07, 6.45) is 5.41. The topological polar surface area (TPSA) is 40.7 Å². The first-order chi connectivity index (χ1) is 14.6. The number of halogens is 2. The smallest absolute Gasteiger partial charge is 0.169 e. The number of hydrogen-bond donors (Lipinski definition) is 0. The van der Waals surface area contributed by atoms with Crippen LogP contribution in [0.4, 0.5) is 0 Å². The fourth-order valence-electron chi connectivity index (χ4n) is 4.10. The fraction of sp³-hybridized carbons (Fsp3) is 0.261. The second-order valence-corrected chi connectivity index (χ2v) is 8.25. The number of aryl methyl sites for hydroxylation is 2. The molecule has 5 rings (SSSR count). The van der Waals surface area contributed by atoms with Gasteiger partial charge in [-0.1, -0.05) is 35.3 Å². The van der Waals surface area contributed by atoms with Crippen LogP contribution >= 0.6 is 23.2 Å². The van der Waals surface area contributed by atoms with Crippen molar-refractivity contribution in [1.82, 2.24) is 14.2 Å². The van der Waals surface area contributed by atoms with Gasteiger partial charge in [0.25, 0.3) is 0 Å². The third kappa shape index (κ3) is 3.42. The summed E-state index contributed by atoms with van der Waals surface area (Å²) in [6.45, 7) is 1.27. The summed E-state index contributed by atoms with van der Waals surface area (Å²) < 4.78 is 15.5. The van der Waals surface area contributed by atoms with E-state index in [-0.39, 0.29) is 0 Å². The maximum Gasteiger partial charge on any atom is 0.169 e. The highest BCUT2D eigenvalue weighted by molar-refractivity contribution is 6.35. The number of aromatic nitrogens is 3. The quantitative estimate of drug-likeness (QED) is 0.379. The van der Waals surface area contributed by atoms with Gasteiger partial charge in [0.1, 0.15) is 23.8 Å². The van der Waals surface area contributed by atoms with E-state index in [1.807, 2.05) is 16.6 Å². The Morgan fingerprint density at radius 3 is 2.67 bits per heavy atom. The van der Waals surface area contributed by atoms with Crippen molar-refractivity contribution in [1.29, 1.82) is 0 Å². The minimum absolute atomic E-state index is 0.348. The van der Waals surface area contributed by atoms with Gasteiger partial charge in [0.05, 0.1) is 12.1 Å². The highest BCUT2D eigenvalue weighted by Crippen LogP contribution is 2.34. The van der Waals surface area contributed by atoms with Gasteiger partial charge in [-0.25, -0.2) is 4.52 Å². The molecule has 0 bridgehead atoms. The van der Waals surface area contributed by atoms with E-state index in [1.165, 1.54) is 16.7 Å². The molecule has 0 unspecified atom stereocenters. The Morgan fingerprint density at radius 2 is 1.90 bits per heavy atom. The first-order valence-electron chi connectivity index (χ1n) is 9.96. The highest BCUT2D eigenvalue weighted by atomic mass is 35.5. The molecule has 4 aromatic rings. The van der Waals surface area contributed by atoms with Crippen molar-refractivity contribution in [3.05, 3.63) is 70.1 Å². The largest absolute Gasteiger partial charge is 0.497 e. The van der Waals surface area contributed by atoms with Crippen LogP contribution in [0.15, 0.2) is 48.7 Å². The van der Waals surface area contributed by atoms with Crippen LogP contribution in [0.5, 0.6) is 11.5 Å². The number of rotatable bonds is 5. The molecule has 5 nitrogen and oxygen atoms in total. The molecular weight excluding hydrogens is 421 g/mol. The fourth-order valence-corrected chi connectivity index (χ4v) is 4.56. The van der Waals surface area contributed by atoms with Crippen LogP contribution in [0.2, 0.25) is 10.0 Å². The lowest BCUT2D eigenvalue weighted by molar-refractivity contribution is 0.289. The first-order valence-corrected chi connectivity index (χ1v) is 10.7. The van der Waals surface area contributed by atoms with Crippen molar-refractivity contribution in [2.24, 2.45) is 0 Å². The second kappa shape index (κ2) is 7.89. The molecule has 2 aromatic heterocycles. The molecular formula is C23H21Cl2N3O2.